The number of nitrogens with zero attached hydrogens (tertiary/aromatic N) is 1. The maximum absolute atomic E-state index is 2.46. The zero-order chi connectivity index (χ0) is 42.1. The summed E-state index contributed by atoms with van der Waals surface area (Å²) in [6.07, 6.45) is 0. The van der Waals surface area contributed by atoms with E-state index in [1.165, 1.54) is 119 Å². The number of hydrogen-bond donors (Lipinski definition) is 0. The average Bonchev–Trinajstić information content (AvgIpc) is 3.91. The molecular formula is C62H39NS. The maximum atomic E-state index is 2.46. The molecule has 0 amide bonds. The van der Waals surface area contributed by atoms with Crippen molar-refractivity contribution in [3.8, 4) is 61.3 Å². The van der Waals surface area contributed by atoms with Crippen LogP contribution < -0.4 is 0 Å². The molecule has 0 saturated heterocycles. The highest BCUT2D eigenvalue weighted by atomic mass is 32.1. The van der Waals surface area contributed by atoms with Crippen molar-refractivity contribution in [3.63, 3.8) is 0 Å². The van der Waals surface area contributed by atoms with Gasteiger partial charge < -0.3 is 4.57 Å². The SMILES string of the molecule is c1ccc(-c2cccc(-c3ccc4c(c3)c3cc(-c5cccc6c5sc5ccccc56)ccc3n4-c3ccc(-c4c5ccccc5c(-c5ccccc5)c5ccccc45)cc3)c2)cc1. The van der Waals surface area contributed by atoms with E-state index in [9.17, 15) is 0 Å². The Balaban J connectivity index is 1.00. The Morgan fingerprint density at radius 3 is 1.34 bits per heavy atom. The van der Waals surface area contributed by atoms with E-state index in [0.717, 1.165) is 5.69 Å². The van der Waals surface area contributed by atoms with Crippen LogP contribution in [0, 0.1) is 0 Å². The average molecular weight is 830 g/mol. The van der Waals surface area contributed by atoms with Gasteiger partial charge in [0.15, 0.2) is 0 Å². The van der Waals surface area contributed by atoms with E-state index in [1.54, 1.807) is 0 Å². The van der Waals surface area contributed by atoms with E-state index in [-0.39, 0.29) is 0 Å². The van der Waals surface area contributed by atoms with E-state index in [2.05, 4.69) is 241 Å². The molecule has 11 aromatic carbocycles. The smallest absolute Gasteiger partial charge is 0.0541 e. The topological polar surface area (TPSA) is 4.93 Å². The molecule has 0 aliphatic heterocycles. The van der Waals surface area contributed by atoms with Crippen molar-refractivity contribution in [1.29, 1.82) is 0 Å². The van der Waals surface area contributed by atoms with Crippen molar-refractivity contribution in [1.82, 2.24) is 4.57 Å². The molecule has 0 bridgehead atoms. The van der Waals surface area contributed by atoms with Crippen LogP contribution in [0.4, 0.5) is 0 Å². The van der Waals surface area contributed by atoms with Gasteiger partial charge in [-0.2, -0.15) is 0 Å². The summed E-state index contributed by atoms with van der Waals surface area (Å²) in [7, 11) is 0. The summed E-state index contributed by atoms with van der Waals surface area (Å²) in [6.45, 7) is 0. The molecule has 64 heavy (non-hydrogen) atoms. The number of thiophene rings is 1. The first-order valence-electron chi connectivity index (χ1n) is 22.0. The van der Waals surface area contributed by atoms with Crippen molar-refractivity contribution in [2.24, 2.45) is 0 Å². The van der Waals surface area contributed by atoms with Crippen LogP contribution in [0.5, 0.6) is 0 Å². The standard InChI is InChI=1S/C62H39NS/c1-3-15-40(16-4-1)43-19-13-20-44(37-43)45-31-35-57-55(38-45)56-39-46(48-26-14-27-54-49-21-11-12-28-59(49)64-62(48)54)32-36-58(56)63(57)47-33-29-42(30-34-47)61-52-24-9-7-22-50(52)60(41-17-5-2-6-18-41)51-23-8-10-25-53(51)61/h1-39H. The van der Waals surface area contributed by atoms with Gasteiger partial charge >= 0.3 is 0 Å². The summed E-state index contributed by atoms with van der Waals surface area (Å²) in [6, 6.07) is 87.2. The zero-order valence-electron chi connectivity index (χ0n) is 34.9. The molecule has 0 N–H and O–H groups in total. The van der Waals surface area contributed by atoms with Crippen LogP contribution in [0.1, 0.15) is 0 Å². The van der Waals surface area contributed by atoms with E-state index >= 15 is 0 Å². The van der Waals surface area contributed by atoms with Crippen LogP contribution in [0.25, 0.3) is 125 Å². The summed E-state index contributed by atoms with van der Waals surface area (Å²) in [5.74, 6) is 0. The molecule has 0 unspecified atom stereocenters. The van der Waals surface area contributed by atoms with Gasteiger partial charge in [-0.1, -0.05) is 188 Å². The Bertz CT molecular complexity index is 3870. The number of hydrogen-bond acceptors (Lipinski definition) is 1. The third-order valence-corrected chi connectivity index (χ3v) is 14.4. The zero-order valence-corrected chi connectivity index (χ0v) is 35.7. The fourth-order valence-electron chi connectivity index (χ4n) is 10.3. The van der Waals surface area contributed by atoms with E-state index in [1.807, 2.05) is 11.3 Å². The van der Waals surface area contributed by atoms with Crippen LogP contribution in [-0.2, 0) is 0 Å². The Hall–Kier alpha value is -8.04. The molecule has 0 saturated carbocycles. The fraction of sp³-hybridized carbons (Fsp3) is 0. The molecular weight excluding hydrogens is 791 g/mol. The molecule has 2 heterocycles. The molecule has 0 aliphatic rings. The van der Waals surface area contributed by atoms with Crippen LogP contribution in [0.2, 0.25) is 0 Å². The van der Waals surface area contributed by atoms with Gasteiger partial charge in [-0.25, -0.2) is 0 Å². The lowest BCUT2D eigenvalue weighted by Gasteiger charge is -2.18. The van der Waals surface area contributed by atoms with Crippen LogP contribution in [0.15, 0.2) is 237 Å². The van der Waals surface area contributed by atoms with Crippen molar-refractivity contribution in [3.05, 3.63) is 237 Å². The van der Waals surface area contributed by atoms with Gasteiger partial charge in [0.25, 0.3) is 0 Å². The summed E-state index contributed by atoms with van der Waals surface area (Å²) in [4.78, 5) is 0. The number of rotatable bonds is 6. The third-order valence-electron chi connectivity index (χ3n) is 13.2. The second kappa shape index (κ2) is 14.8. The second-order valence-electron chi connectivity index (χ2n) is 16.8. The number of fused-ring (bicyclic) bond motifs is 8. The largest absolute Gasteiger partial charge is 0.309 e. The third kappa shape index (κ3) is 5.84. The molecule has 0 radical (unpaired) electrons. The predicted octanol–water partition coefficient (Wildman–Crippen LogP) is 17.8. The van der Waals surface area contributed by atoms with Gasteiger partial charge in [0, 0.05) is 36.6 Å². The molecule has 13 aromatic rings. The maximum Gasteiger partial charge on any atom is 0.0541 e. The van der Waals surface area contributed by atoms with Gasteiger partial charge in [-0.05, 0) is 126 Å². The van der Waals surface area contributed by atoms with Crippen molar-refractivity contribution in [2.75, 3.05) is 0 Å². The Labute approximate surface area is 375 Å². The van der Waals surface area contributed by atoms with Crippen LogP contribution in [-0.4, -0.2) is 4.57 Å². The lowest BCUT2D eigenvalue weighted by atomic mass is 9.86. The molecule has 0 spiro atoms. The van der Waals surface area contributed by atoms with Crippen LogP contribution in [0.3, 0.4) is 0 Å². The Morgan fingerprint density at radius 2 is 0.703 bits per heavy atom. The van der Waals surface area contributed by atoms with E-state index in [4.69, 9.17) is 0 Å². The summed E-state index contributed by atoms with van der Waals surface area (Å²) in [5, 5.41) is 10.2. The van der Waals surface area contributed by atoms with Crippen molar-refractivity contribution >= 4 is 74.9 Å². The van der Waals surface area contributed by atoms with Gasteiger partial charge in [0.05, 0.1) is 11.0 Å². The van der Waals surface area contributed by atoms with E-state index in [0.29, 0.717) is 0 Å². The molecule has 1 nitrogen and oxygen atoms in total. The van der Waals surface area contributed by atoms with Gasteiger partial charge in [0.1, 0.15) is 0 Å². The lowest BCUT2D eigenvalue weighted by Crippen LogP contribution is -1.95. The minimum absolute atomic E-state index is 1.14. The van der Waals surface area contributed by atoms with Crippen LogP contribution >= 0.6 is 11.3 Å². The molecule has 2 heteroatoms. The normalized spacial score (nSPS) is 11.8. The van der Waals surface area contributed by atoms with Gasteiger partial charge in [-0.15, -0.1) is 11.3 Å². The van der Waals surface area contributed by atoms with Crippen molar-refractivity contribution in [2.45, 2.75) is 0 Å². The summed E-state index contributed by atoms with van der Waals surface area (Å²) < 4.78 is 5.11. The Morgan fingerprint density at radius 1 is 0.266 bits per heavy atom. The highest BCUT2D eigenvalue weighted by Gasteiger charge is 2.19. The monoisotopic (exact) mass is 829 g/mol. The lowest BCUT2D eigenvalue weighted by molar-refractivity contribution is 1.18. The Kier molecular flexibility index (Phi) is 8.47. The molecule has 298 valence electrons. The second-order valence-corrected chi connectivity index (χ2v) is 17.8. The molecule has 0 atom stereocenters. The molecule has 0 aliphatic carbocycles. The van der Waals surface area contributed by atoms with E-state index < -0.39 is 0 Å². The quantitative estimate of drug-likeness (QED) is 0.147. The highest BCUT2D eigenvalue weighted by molar-refractivity contribution is 7.26. The fourth-order valence-corrected chi connectivity index (χ4v) is 11.5. The molecule has 13 rings (SSSR count). The predicted molar refractivity (Wildman–Crippen MR) is 276 cm³/mol. The summed E-state index contributed by atoms with van der Waals surface area (Å²) >= 11 is 1.89. The molecule has 2 aromatic heterocycles. The highest BCUT2D eigenvalue weighted by Crippen LogP contribution is 2.45. The van der Waals surface area contributed by atoms with Crippen molar-refractivity contribution < 1.29 is 0 Å². The van der Waals surface area contributed by atoms with Gasteiger partial charge in [0.2, 0.25) is 0 Å². The first kappa shape index (κ1) is 36.6. The summed E-state index contributed by atoms with van der Waals surface area (Å²) in [5.41, 5.74) is 15.8. The minimum Gasteiger partial charge on any atom is -0.309 e. The number of benzene rings is 11. The number of aromatic nitrogens is 1. The van der Waals surface area contributed by atoms with Gasteiger partial charge in [-0.3, -0.25) is 0 Å². The first-order chi connectivity index (χ1) is 31.7. The molecule has 0 fully saturated rings. The minimum atomic E-state index is 1.14. The first-order valence-corrected chi connectivity index (χ1v) is 22.8.